The number of nitrogens with one attached hydrogen (secondary N) is 1. The van der Waals surface area contributed by atoms with E-state index < -0.39 is 6.04 Å². The smallest absolute Gasteiger partial charge is 0.163 e. The number of ketones is 2. The van der Waals surface area contributed by atoms with Crippen LogP contribution in [-0.4, -0.2) is 11.6 Å². The van der Waals surface area contributed by atoms with Crippen LogP contribution in [0.15, 0.2) is 72.8 Å². The molecule has 28 heavy (non-hydrogen) atoms. The Labute approximate surface area is 174 Å². The first-order valence-electron chi connectivity index (χ1n) is 8.83. The van der Waals surface area contributed by atoms with Crippen molar-refractivity contribution in [3.05, 3.63) is 99.5 Å². The Hall–Kier alpha value is -2.62. The van der Waals surface area contributed by atoms with E-state index in [2.05, 4.69) is 5.32 Å². The molecule has 0 aliphatic rings. The highest BCUT2D eigenvalue weighted by molar-refractivity contribution is 6.42. The fourth-order valence-corrected chi connectivity index (χ4v) is 3.25. The highest BCUT2D eigenvalue weighted by atomic mass is 35.5. The lowest BCUT2D eigenvalue weighted by Gasteiger charge is -2.20. The van der Waals surface area contributed by atoms with Gasteiger partial charge in [-0.2, -0.15) is 0 Å². The quantitative estimate of drug-likeness (QED) is 0.473. The molecule has 3 aromatic carbocycles. The number of rotatable bonds is 7. The van der Waals surface area contributed by atoms with Crippen LogP contribution in [0.5, 0.6) is 0 Å². The van der Waals surface area contributed by atoms with Crippen LogP contribution in [-0.2, 0) is 11.2 Å². The molecule has 0 aromatic heterocycles. The van der Waals surface area contributed by atoms with Crippen molar-refractivity contribution in [3.8, 4) is 0 Å². The lowest BCUT2D eigenvalue weighted by molar-refractivity contribution is -0.119. The van der Waals surface area contributed by atoms with Gasteiger partial charge in [-0.05, 0) is 42.3 Å². The summed E-state index contributed by atoms with van der Waals surface area (Å²) in [6.07, 6.45) is 0.203. The van der Waals surface area contributed by atoms with Crippen LogP contribution in [0, 0.1) is 0 Å². The highest BCUT2D eigenvalue weighted by Gasteiger charge is 2.21. The number of anilines is 1. The van der Waals surface area contributed by atoms with Gasteiger partial charge in [0.2, 0.25) is 0 Å². The zero-order chi connectivity index (χ0) is 20.1. The third-order valence-electron chi connectivity index (χ3n) is 4.40. The van der Waals surface area contributed by atoms with E-state index in [1.807, 2.05) is 36.4 Å². The first-order valence-corrected chi connectivity index (χ1v) is 9.59. The molecule has 3 nitrogen and oxygen atoms in total. The number of hydrogen-bond donors (Lipinski definition) is 1. The van der Waals surface area contributed by atoms with Gasteiger partial charge in [-0.15, -0.1) is 0 Å². The van der Waals surface area contributed by atoms with Crippen LogP contribution < -0.4 is 5.32 Å². The maximum absolute atomic E-state index is 13.1. The summed E-state index contributed by atoms with van der Waals surface area (Å²) < 4.78 is 0. The molecule has 142 valence electrons. The van der Waals surface area contributed by atoms with Crippen LogP contribution in [0.2, 0.25) is 10.0 Å². The predicted molar refractivity (Wildman–Crippen MR) is 114 cm³/mol. The lowest BCUT2D eigenvalue weighted by Crippen LogP contribution is -2.23. The van der Waals surface area contributed by atoms with Crippen molar-refractivity contribution in [2.45, 2.75) is 19.4 Å². The average Bonchev–Trinajstić information content (AvgIpc) is 2.69. The summed E-state index contributed by atoms with van der Waals surface area (Å²) in [5.41, 5.74) is 2.95. The minimum atomic E-state index is -0.556. The van der Waals surface area contributed by atoms with Crippen molar-refractivity contribution in [2.24, 2.45) is 0 Å². The summed E-state index contributed by atoms with van der Waals surface area (Å²) in [6, 6.07) is 21.3. The molecule has 0 spiro atoms. The van der Waals surface area contributed by atoms with Crippen molar-refractivity contribution < 1.29 is 9.59 Å². The molecule has 0 saturated heterocycles. The van der Waals surface area contributed by atoms with E-state index in [0.29, 0.717) is 21.3 Å². The molecule has 3 aromatic rings. The van der Waals surface area contributed by atoms with Crippen LogP contribution in [0.3, 0.4) is 0 Å². The first kappa shape index (κ1) is 20.1. The minimum Gasteiger partial charge on any atom is -0.372 e. The van der Waals surface area contributed by atoms with Crippen LogP contribution >= 0.6 is 23.2 Å². The lowest BCUT2D eigenvalue weighted by atomic mass is 9.96. The molecule has 1 N–H and O–H groups in total. The highest BCUT2D eigenvalue weighted by Crippen LogP contribution is 2.28. The normalized spacial score (nSPS) is 11.7. The number of carbonyl (C=O) groups excluding carboxylic acids is 2. The number of carbonyl (C=O) groups is 2. The second kappa shape index (κ2) is 9.05. The van der Waals surface area contributed by atoms with Gasteiger partial charge in [-0.3, -0.25) is 9.59 Å². The van der Waals surface area contributed by atoms with Crippen molar-refractivity contribution in [1.29, 1.82) is 0 Å². The van der Waals surface area contributed by atoms with Gasteiger partial charge in [0.1, 0.15) is 6.04 Å². The first-order chi connectivity index (χ1) is 13.4. The van der Waals surface area contributed by atoms with Crippen LogP contribution in [0.1, 0.15) is 34.5 Å². The second-order valence-corrected chi connectivity index (χ2v) is 7.33. The predicted octanol–water partition coefficient (Wildman–Crippen LogP) is 6.16. The van der Waals surface area contributed by atoms with Gasteiger partial charge in [-0.25, -0.2) is 0 Å². The third kappa shape index (κ3) is 5.00. The molecule has 0 bridgehead atoms. The van der Waals surface area contributed by atoms with Gasteiger partial charge in [0.25, 0.3) is 0 Å². The largest absolute Gasteiger partial charge is 0.372 e. The molecular weight excluding hydrogens is 393 g/mol. The number of hydrogen-bond acceptors (Lipinski definition) is 3. The molecule has 1 unspecified atom stereocenters. The Bertz CT molecular complexity index is 1000. The molecule has 1 atom stereocenters. The molecule has 5 heteroatoms. The Balaban J connectivity index is 1.88. The van der Waals surface area contributed by atoms with Crippen LogP contribution in [0.4, 0.5) is 5.69 Å². The van der Waals surface area contributed by atoms with Gasteiger partial charge < -0.3 is 5.32 Å². The van der Waals surface area contributed by atoms with E-state index in [9.17, 15) is 9.59 Å². The van der Waals surface area contributed by atoms with Crippen molar-refractivity contribution in [1.82, 2.24) is 0 Å². The molecule has 0 saturated carbocycles. The van der Waals surface area contributed by atoms with E-state index in [1.165, 1.54) is 6.92 Å². The summed E-state index contributed by atoms with van der Waals surface area (Å²) in [5, 5.41) is 4.13. The van der Waals surface area contributed by atoms with Gasteiger partial charge >= 0.3 is 0 Å². The van der Waals surface area contributed by atoms with Crippen LogP contribution in [0.25, 0.3) is 0 Å². The minimum absolute atomic E-state index is 0.0158. The Morgan fingerprint density at radius 2 is 1.64 bits per heavy atom. The Morgan fingerprint density at radius 3 is 2.32 bits per heavy atom. The van der Waals surface area contributed by atoms with Crippen molar-refractivity contribution in [3.63, 3.8) is 0 Å². The fourth-order valence-electron chi connectivity index (χ4n) is 2.95. The standard InChI is InChI=1S/C23H19Cl2NO2/c1-15(27)18-9-5-6-16(12-18)13-22(28)23(17-7-3-2-4-8-17)26-19-10-11-20(24)21(25)14-19/h2-12,14,23,26H,13H2,1H3. The van der Waals surface area contributed by atoms with E-state index in [0.717, 1.165) is 11.1 Å². The monoisotopic (exact) mass is 411 g/mol. The van der Waals surface area contributed by atoms with Gasteiger partial charge in [0.15, 0.2) is 11.6 Å². The zero-order valence-corrected chi connectivity index (χ0v) is 16.8. The van der Waals surface area contributed by atoms with E-state index in [1.54, 1.807) is 36.4 Å². The number of halogens is 2. The maximum Gasteiger partial charge on any atom is 0.163 e. The summed E-state index contributed by atoms with van der Waals surface area (Å²) in [7, 11) is 0. The molecule has 0 amide bonds. The second-order valence-electron chi connectivity index (χ2n) is 6.52. The number of benzene rings is 3. The molecule has 3 rings (SSSR count). The molecule has 0 radical (unpaired) electrons. The summed E-state index contributed by atoms with van der Waals surface area (Å²) in [6.45, 7) is 1.51. The summed E-state index contributed by atoms with van der Waals surface area (Å²) in [5.74, 6) is -0.0409. The van der Waals surface area contributed by atoms with Gasteiger partial charge in [-0.1, -0.05) is 71.7 Å². The molecule has 0 aliphatic carbocycles. The molecular formula is C23H19Cl2NO2. The SMILES string of the molecule is CC(=O)c1cccc(CC(=O)C(Nc2ccc(Cl)c(Cl)c2)c2ccccc2)c1. The van der Waals surface area contributed by atoms with E-state index in [4.69, 9.17) is 23.2 Å². The molecule has 0 heterocycles. The summed E-state index contributed by atoms with van der Waals surface area (Å²) in [4.78, 5) is 24.8. The molecule has 0 fully saturated rings. The maximum atomic E-state index is 13.1. The molecule has 0 aliphatic heterocycles. The topological polar surface area (TPSA) is 46.2 Å². The van der Waals surface area contributed by atoms with Crippen molar-refractivity contribution >= 4 is 40.5 Å². The fraction of sp³-hybridized carbons (Fsp3) is 0.130. The number of Topliss-reactive ketones (excluding diaryl/α,β-unsaturated/α-hetero) is 2. The summed E-state index contributed by atoms with van der Waals surface area (Å²) >= 11 is 12.1. The van der Waals surface area contributed by atoms with Gasteiger partial charge in [0, 0.05) is 17.7 Å². The zero-order valence-electron chi connectivity index (χ0n) is 15.3. The average molecular weight is 412 g/mol. The van der Waals surface area contributed by atoms with Gasteiger partial charge in [0.05, 0.1) is 10.0 Å². The Kier molecular flexibility index (Phi) is 6.50. The third-order valence-corrected chi connectivity index (χ3v) is 5.14. The van der Waals surface area contributed by atoms with E-state index in [-0.39, 0.29) is 18.0 Å². The Morgan fingerprint density at radius 1 is 0.893 bits per heavy atom. The van der Waals surface area contributed by atoms with E-state index >= 15 is 0 Å². The van der Waals surface area contributed by atoms with Crippen molar-refractivity contribution in [2.75, 3.05) is 5.32 Å².